The lowest BCUT2D eigenvalue weighted by molar-refractivity contribution is 0.598. The first-order chi connectivity index (χ1) is 15.5. The van der Waals surface area contributed by atoms with Gasteiger partial charge in [-0.05, 0) is 31.0 Å². The van der Waals surface area contributed by atoms with Gasteiger partial charge in [0.15, 0.2) is 11.2 Å². The Balaban J connectivity index is 1.60. The van der Waals surface area contributed by atoms with Crippen molar-refractivity contribution in [2.75, 3.05) is 11.4 Å². The van der Waals surface area contributed by atoms with Crippen molar-refractivity contribution >= 4 is 28.9 Å². The Morgan fingerprint density at radius 3 is 2.50 bits per heavy atom. The molecule has 0 spiro atoms. The zero-order valence-electron chi connectivity index (χ0n) is 18.2. The first-order valence-corrected chi connectivity index (χ1v) is 10.8. The van der Waals surface area contributed by atoms with E-state index in [1.165, 1.54) is 14.7 Å². The highest BCUT2D eigenvalue weighted by atomic mass is 16.2. The maximum absolute atomic E-state index is 13.4. The summed E-state index contributed by atoms with van der Waals surface area (Å²) in [6.45, 7) is 3.77. The van der Waals surface area contributed by atoms with Crippen LogP contribution in [0.15, 0.2) is 70.3 Å². The van der Waals surface area contributed by atoms with Gasteiger partial charge in [0.2, 0.25) is 5.95 Å². The largest absolute Gasteiger partial charge is 0.332 e. The van der Waals surface area contributed by atoms with E-state index in [1.807, 2.05) is 47.1 Å². The lowest BCUT2D eigenvalue weighted by Crippen LogP contribution is -2.39. The summed E-state index contributed by atoms with van der Waals surface area (Å²) in [5.74, 6) is 0.708. The van der Waals surface area contributed by atoms with Gasteiger partial charge in [0.1, 0.15) is 0 Å². The molecule has 0 unspecified atom stereocenters. The number of benzene rings is 2. The topological polar surface area (TPSA) is 65.1 Å². The number of aromatic nitrogens is 4. The van der Waals surface area contributed by atoms with Gasteiger partial charge in [-0.15, -0.1) is 0 Å². The SMILES string of the molecule is Cc1ccc(N2CCCn3c2nc2c3c(=O)n(CC=Cc3ccccc3)c(=O)n2C)cc1. The molecule has 1 aliphatic heterocycles. The molecule has 4 aromatic rings. The monoisotopic (exact) mass is 427 g/mol. The summed E-state index contributed by atoms with van der Waals surface area (Å²) < 4.78 is 4.71. The molecule has 2 aromatic heterocycles. The summed E-state index contributed by atoms with van der Waals surface area (Å²) >= 11 is 0. The Bertz CT molecular complexity index is 1430. The molecule has 2 aromatic carbocycles. The molecule has 0 aliphatic carbocycles. The minimum absolute atomic E-state index is 0.207. The van der Waals surface area contributed by atoms with Gasteiger partial charge in [-0.2, -0.15) is 4.98 Å². The molecule has 0 fully saturated rings. The van der Waals surface area contributed by atoms with Crippen molar-refractivity contribution < 1.29 is 0 Å². The molecule has 5 rings (SSSR count). The molecule has 32 heavy (non-hydrogen) atoms. The minimum Gasteiger partial charge on any atom is -0.312 e. The number of allylic oxidation sites excluding steroid dienone is 1. The third-order valence-electron chi connectivity index (χ3n) is 5.96. The van der Waals surface area contributed by atoms with E-state index in [0.717, 1.165) is 24.2 Å². The van der Waals surface area contributed by atoms with Crippen LogP contribution in [0.5, 0.6) is 0 Å². The molecular weight excluding hydrogens is 402 g/mol. The Labute approximate surface area is 185 Å². The molecular formula is C25H25N5O2. The highest BCUT2D eigenvalue weighted by Gasteiger charge is 2.26. The van der Waals surface area contributed by atoms with Crippen molar-refractivity contribution in [2.24, 2.45) is 7.05 Å². The van der Waals surface area contributed by atoms with Crippen LogP contribution in [-0.2, 0) is 20.1 Å². The lowest BCUT2D eigenvalue weighted by atomic mass is 10.2. The maximum atomic E-state index is 13.4. The van der Waals surface area contributed by atoms with Crippen LogP contribution in [-0.4, -0.2) is 25.2 Å². The lowest BCUT2D eigenvalue weighted by Gasteiger charge is -2.29. The smallest absolute Gasteiger partial charge is 0.312 e. The number of anilines is 2. The molecule has 0 saturated heterocycles. The number of hydrogen-bond acceptors (Lipinski definition) is 4. The van der Waals surface area contributed by atoms with E-state index in [-0.39, 0.29) is 17.8 Å². The van der Waals surface area contributed by atoms with Crippen LogP contribution in [0.25, 0.3) is 17.2 Å². The number of imidazole rings is 1. The second kappa shape index (κ2) is 8.00. The predicted octanol–water partition coefficient (Wildman–Crippen LogP) is 3.46. The standard InChI is InChI=1S/C25H25N5O2/c1-18-11-13-20(14-12-18)28-16-7-17-29-21-22(26-24(28)29)27(2)25(32)30(23(21)31)15-6-10-19-8-4-3-5-9-19/h3-6,8-14H,7,15-17H2,1-2H3. The summed E-state index contributed by atoms with van der Waals surface area (Å²) in [5, 5.41) is 0. The second-order valence-corrected chi connectivity index (χ2v) is 8.15. The average molecular weight is 428 g/mol. The Hall–Kier alpha value is -3.87. The summed E-state index contributed by atoms with van der Waals surface area (Å²) in [5.41, 5.74) is 3.48. The van der Waals surface area contributed by atoms with Crippen molar-refractivity contribution in [3.63, 3.8) is 0 Å². The van der Waals surface area contributed by atoms with Crippen molar-refractivity contribution in [1.82, 2.24) is 18.7 Å². The number of nitrogens with zero attached hydrogens (tertiary/aromatic N) is 5. The Morgan fingerprint density at radius 2 is 1.75 bits per heavy atom. The fourth-order valence-electron chi connectivity index (χ4n) is 4.25. The van der Waals surface area contributed by atoms with Crippen LogP contribution >= 0.6 is 0 Å². The quantitative estimate of drug-likeness (QED) is 0.500. The van der Waals surface area contributed by atoms with Crippen molar-refractivity contribution in [3.8, 4) is 0 Å². The van der Waals surface area contributed by atoms with Gasteiger partial charge in [-0.1, -0.05) is 60.2 Å². The molecule has 0 bridgehead atoms. The highest BCUT2D eigenvalue weighted by Crippen LogP contribution is 2.30. The normalized spacial score (nSPS) is 13.8. The number of hydrogen-bond donors (Lipinski definition) is 0. The minimum atomic E-state index is -0.363. The van der Waals surface area contributed by atoms with Gasteiger partial charge in [0.05, 0.1) is 0 Å². The Morgan fingerprint density at radius 1 is 1.00 bits per heavy atom. The van der Waals surface area contributed by atoms with E-state index in [2.05, 4.69) is 36.1 Å². The van der Waals surface area contributed by atoms with E-state index < -0.39 is 0 Å². The molecule has 7 nitrogen and oxygen atoms in total. The van der Waals surface area contributed by atoms with Crippen LogP contribution in [0, 0.1) is 6.92 Å². The highest BCUT2D eigenvalue weighted by molar-refractivity contribution is 5.77. The predicted molar refractivity (Wildman–Crippen MR) is 128 cm³/mol. The van der Waals surface area contributed by atoms with Crippen molar-refractivity contribution in [1.29, 1.82) is 0 Å². The summed E-state index contributed by atoms with van der Waals surface area (Å²) in [6, 6.07) is 18.1. The summed E-state index contributed by atoms with van der Waals surface area (Å²) in [6.07, 6.45) is 4.65. The molecule has 0 N–H and O–H groups in total. The third-order valence-corrected chi connectivity index (χ3v) is 5.96. The number of aryl methyl sites for hydroxylation is 3. The fourth-order valence-corrected chi connectivity index (χ4v) is 4.25. The zero-order valence-corrected chi connectivity index (χ0v) is 18.2. The second-order valence-electron chi connectivity index (χ2n) is 8.15. The van der Waals surface area contributed by atoms with Crippen LogP contribution in [0.1, 0.15) is 17.5 Å². The van der Waals surface area contributed by atoms with Gasteiger partial charge in [0, 0.05) is 32.4 Å². The molecule has 7 heteroatoms. The summed E-state index contributed by atoms with van der Waals surface area (Å²) in [4.78, 5) is 33.2. The molecule has 0 amide bonds. The van der Waals surface area contributed by atoms with Crippen LogP contribution in [0.3, 0.4) is 0 Å². The van der Waals surface area contributed by atoms with Crippen LogP contribution < -0.4 is 16.1 Å². The maximum Gasteiger partial charge on any atom is 0.332 e. The van der Waals surface area contributed by atoms with E-state index in [4.69, 9.17) is 4.98 Å². The van der Waals surface area contributed by atoms with E-state index in [9.17, 15) is 9.59 Å². The van der Waals surface area contributed by atoms with Gasteiger partial charge in [-0.25, -0.2) is 4.79 Å². The van der Waals surface area contributed by atoms with E-state index in [0.29, 0.717) is 23.7 Å². The molecule has 1 aliphatic rings. The molecule has 0 saturated carbocycles. The molecule has 162 valence electrons. The zero-order chi connectivity index (χ0) is 22.2. The van der Waals surface area contributed by atoms with Crippen LogP contribution in [0.4, 0.5) is 11.6 Å². The Kier molecular flexibility index (Phi) is 5.01. The fraction of sp³-hybridized carbons (Fsp3) is 0.240. The van der Waals surface area contributed by atoms with Gasteiger partial charge < -0.3 is 9.47 Å². The average Bonchev–Trinajstić information content (AvgIpc) is 3.21. The van der Waals surface area contributed by atoms with E-state index >= 15 is 0 Å². The first kappa shape index (κ1) is 20.1. The van der Waals surface area contributed by atoms with Gasteiger partial charge >= 0.3 is 5.69 Å². The van der Waals surface area contributed by atoms with Gasteiger partial charge in [-0.3, -0.25) is 13.9 Å². The van der Waals surface area contributed by atoms with E-state index in [1.54, 1.807) is 7.05 Å². The number of rotatable bonds is 4. The molecule has 3 heterocycles. The van der Waals surface area contributed by atoms with Gasteiger partial charge in [0.25, 0.3) is 5.56 Å². The molecule has 0 atom stereocenters. The summed E-state index contributed by atoms with van der Waals surface area (Å²) in [7, 11) is 1.68. The van der Waals surface area contributed by atoms with Crippen molar-refractivity contribution in [3.05, 3.63) is 92.6 Å². The molecule has 0 radical (unpaired) electrons. The third kappa shape index (κ3) is 3.36. The number of fused-ring (bicyclic) bond motifs is 3. The first-order valence-electron chi connectivity index (χ1n) is 10.8. The van der Waals surface area contributed by atoms with Crippen LogP contribution in [0.2, 0.25) is 0 Å². The van der Waals surface area contributed by atoms with Crippen molar-refractivity contribution in [2.45, 2.75) is 26.4 Å².